The second-order valence-electron chi connectivity index (χ2n) is 8.22. The van der Waals surface area contributed by atoms with E-state index in [4.69, 9.17) is 5.73 Å². The molecule has 35 heavy (non-hydrogen) atoms. The quantitative estimate of drug-likeness (QED) is 0.338. The number of nitrogens with one attached hydrogen (secondary N) is 2. The number of hydrogen-bond acceptors (Lipinski definition) is 4. The molecular formula is C28H23N5O2. The molecule has 2 aromatic heterocycles. The van der Waals surface area contributed by atoms with E-state index in [1.54, 1.807) is 24.5 Å². The number of carbonyl (C=O) groups excluding carboxylic acids is 2. The van der Waals surface area contributed by atoms with Crippen LogP contribution in [0.25, 0.3) is 33.5 Å². The van der Waals surface area contributed by atoms with Crippen LogP contribution < -0.4 is 11.1 Å². The molecule has 5 aromatic rings. The minimum atomic E-state index is -0.862. The zero-order valence-corrected chi connectivity index (χ0v) is 18.8. The second kappa shape index (κ2) is 9.61. The van der Waals surface area contributed by atoms with Gasteiger partial charge >= 0.3 is 0 Å². The first kappa shape index (κ1) is 22.0. The Hall–Kier alpha value is -4.78. The van der Waals surface area contributed by atoms with Crippen molar-refractivity contribution in [3.05, 3.63) is 108 Å². The van der Waals surface area contributed by atoms with E-state index in [-0.39, 0.29) is 6.42 Å². The Morgan fingerprint density at radius 3 is 2.26 bits per heavy atom. The van der Waals surface area contributed by atoms with Crippen molar-refractivity contribution in [1.29, 1.82) is 0 Å². The molecule has 0 bridgehead atoms. The van der Waals surface area contributed by atoms with Crippen LogP contribution >= 0.6 is 0 Å². The molecule has 0 spiro atoms. The summed E-state index contributed by atoms with van der Waals surface area (Å²) in [6.07, 6.45) is 3.65. The summed E-state index contributed by atoms with van der Waals surface area (Å²) in [5.74, 6) is -0.377. The predicted octanol–water partition coefficient (Wildman–Crippen LogP) is 4.12. The third kappa shape index (κ3) is 4.79. The fourth-order valence-electron chi connectivity index (χ4n) is 4.02. The molecule has 0 fully saturated rings. The van der Waals surface area contributed by atoms with Crippen molar-refractivity contribution < 1.29 is 9.59 Å². The number of aromatic amines is 1. The van der Waals surface area contributed by atoms with Gasteiger partial charge in [0.05, 0.1) is 11.1 Å². The van der Waals surface area contributed by atoms with Gasteiger partial charge in [-0.25, -0.2) is 4.98 Å². The molecular weight excluding hydrogens is 438 g/mol. The van der Waals surface area contributed by atoms with Gasteiger partial charge in [-0.2, -0.15) is 0 Å². The molecule has 7 nitrogen and oxygen atoms in total. The number of imidazole rings is 1. The number of nitrogens with zero attached hydrogens (tertiary/aromatic N) is 2. The first-order valence-corrected chi connectivity index (χ1v) is 11.2. The first-order valence-electron chi connectivity index (χ1n) is 11.2. The average Bonchev–Trinajstić information content (AvgIpc) is 3.34. The van der Waals surface area contributed by atoms with Crippen molar-refractivity contribution in [3.8, 4) is 22.5 Å². The van der Waals surface area contributed by atoms with Gasteiger partial charge in [-0.1, -0.05) is 60.7 Å². The Labute approximate surface area is 202 Å². The Morgan fingerprint density at radius 2 is 1.54 bits per heavy atom. The van der Waals surface area contributed by atoms with Crippen LogP contribution in [0.1, 0.15) is 15.9 Å². The van der Waals surface area contributed by atoms with Crippen molar-refractivity contribution in [3.63, 3.8) is 0 Å². The van der Waals surface area contributed by atoms with Crippen molar-refractivity contribution in [2.75, 3.05) is 0 Å². The van der Waals surface area contributed by atoms with E-state index in [9.17, 15) is 9.59 Å². The standard InChI is InChI=1S/C28H23N5O2/c29-26(34)24(17-18-9-11-20(12-10-18)19-5-2-1-3-6-19)32-28(35)22-7-4-8-23-25(22)33-27(31-23)21-13-15-30-16-14-21/h1-16,24H,17H2,(H2,29,34)(H,31,33)(H,32,35). The molecule has 7 heteroatoms. The van der Waals surface area contributed by atoms with Gasteiger partial charge in [0.1, 0.15) is 17.4 Å². The molecule has 172 valence electrons. The molecule has 0 aliphatic carbocycles. The minimum absolute atomic E-state index is 0.287. The van der Waals surface area contributed by atoms with Crippen molar-refractivity contribution >= 4 is 22.8 Å². The molecule has 3 aromatic carbocycles. The summed E-state index contributed by atoms with van der Waals surface area (Å²) in [7, 11) is 0. The van der Waals surface area contributed by atoms with E-state index in [0.717, 1.165) is 27.8 Å². The van der Waals surface area contributed by atoms with Crippen LogP contribution in [-0.2, 0) is 11.2 Å². The monoisotopic (exact) mass is 461 g/mol. The van der Waals surface area contributed by atoms with Crippen LogP contribution in [0.15, 0.2) is 97.3 Å². The van der Waals surface area contributed by atoms with E-state index in [2.05, 4.69) is 20.3 Å². The molecule has 0 saturated carbocycles. The smallest absolute Gasteiger partial charge is 0.254 e. The number of benzene rings is 3. The lowest BCUT2D eigenvalue weighted by Crippen LogP contribution is -2.45. The van der Waals surface area contributed by atoms with E-state index in [1.807, 2.05) is 72.8 Å². The number of aromatic nitrogens is 3. The van der Waals surface area contributed by atoms with Gasteiger partial charge in [0.15, 0.2) is 0 Å². The summed E-state index contributed by atoms with van der Waals surface area (Å²) in [6, 6.07) is 26.0. The molecule has 0 radical (unpaired) electrons. The summed E-state index contributed by atoms with van der Waals surface area (Å²) in [5, 5.41) is 2.79. The Bertz CT molecular complexity index is 1480. The number of rotatable bonds is 7. The predicted molar refractivity (Wildman–Crippen MR) is 135 cm³/mol. The third-order valence-electron chi connectivity index (χ3n) is 5.86. The fraction of sp³-hybridized carbons (Fsp3) is 0.0714. The summed E-state index contributed by atoms with van der Waals surface area (Å²) >= 11 is 0. The molecule has 0 aliphatic rings. The van der Waals surface area contributed by atoms with Crippen molar-refractivity contribution in [1.82, 2.24) is 20.3 Å². The van der Waals surface area contributed by atoms with Gasteiger partial charge in [-0.05, 0) is 41.0 Å². The molecule has 2 amide bonds. The zero-order chi connectivity index (χ0) is 24.2. The Kier molecular flexibility index (Phi) is 6.05. The molecule has 5 rings (SSSR count). The number of pyridine rings is 1. The van der Waals surface area contributed by atoms with Crippen LogP contribution in [0.4, 0.5) is 0 Å². The Morgan fingerprint density at radius 1 is 0.829 bits per heavy atom. The molecule has 1 atom stereocenters. The van der Waals surface area contributed by atoms with Crippen molar-refractivity contribution in [2.45, 2.75) is 12.5 Å². The summed E-state index contributed by atoms with van der Waals surface area (Å²) in [4.78, 5) is 37.2. The van der Waals surface area contributed by atoms with Gasteiger partial charge in [0, 0.05) is 24.4 Å². The van der Waals surface area contributed by atoms with Gasteiger partial charge in [0.25, 0.3) is 5.91 Å². The lowest BCUT2D eigenvalue weighted by Gasteiger charge is -2.16. The SMILES string of the molecule is NC(=O)C(Cc1ccc(-c2ccccc2)cc1)NC(=O)c1cccc2[nH]c(-c3ccncc3)nc12. The molecule has 4 N–H and O–H groups in total. The molecule has 0 aliphatic heterocycles. The van der Waals surface area contributed by atoms with Crippen LogP contribution in [0, 0.1) is 0 Å². The summed E-state index contributed by atoms with van der Waals surface area (Å²) < 4.78 is 0. The summed E-state index contributed by atoms with van der Waals surface area (Å²) in [5.41, 5.74) is 11.2. The zero-order valence-electron chi connectivity index (χ0n) is 18.8. The number of nitrogens with two attached hydrogens (primary N) is 1. The highest BCUT2D eigenvalue weighted by Crippen LogP contribution is 2.23. The van der Waals surface area contributed by atoms with Crippen LogP contribution in [-0.4, -0.2) is 32.8 Å². The topological polar surface area (TPSA) is 114 Å². The van der Waals surface area contributed by atoms with Gasteiger partial charge in [0.2, 0.25) is 5.91 Å². The van der Waals surface area contributed by atoms with E-state index in [0.29, 0.717) is 16.9 Å². The molecule has 1 unspecified atom stereocenters. The average molecular weight is 462 g/mol. The van der Waals surface area contributed by atoms with Crippen LogP contribution in [0.5, 0.6) is 0 Å². The number of amides is 2. The maximum absolute atomic E-state index is 13.2. The van der Waals surface area contributed by atoms with Crippen molar-refractivity contribution in [2.24, 2.45) is 5.73 Å². The largest absolute Gasteiger partial charge is 0.368 e. The van der Waals surface area contributed by atoms with Gasteiger partial charge in [-0.15, -0.1) is 0 Å². The second-order valence-corrected chi connectivity index (χ2v) is 8.22. The highest BCUT2D eigenvalue weighted by molar-refractivity contribution is 6.06. The molecule has 0 saturated heterocycles. The molecule has 2 heterocycles. The minimum Gasteiger partial charge on any atom is -0.368 e. The fourth-order valence-corrected chi connectivity index (χ4v) is 4.02. The third-order valence-corrected chi connectivity index (χ3v) is 5.86. The maximum Gasteiger partial charge on any atom is 0.254 e. The number of primary amides is 1. The highest BCUT2D eigenvalue weighted by Gasteiger charge is 2.22. The van der Waals surface area contributed by atoms with Crippen LogP contribution in [0.3, 0.4) is 0 Å². The van der Waals surface area contributed by atoms with E-state index >= 15 is 0 Å². The van der Waals surface area contributed by atoms with Gasteiger partial charge < -0.3 is 16.0 Å². The summed E-state index contributed by atoms with van der Waals surface area (Å²) in [6.45, 7) is 0. The number of para-hydroxylation sites is 1. The van der Waals surface area contributed by atoms with E-state index in [1.165, 1.54) is 0 Å². The highest BCUT2D eigenvalue weighted by atomic mass is 16.2. The number of fused-ring (bicyclic) bond motifs is 1. The number of H-pyrrole nitrogens is 1. The maximum atomic E-state index is 13.2. The number of hydrogen-bond donors (Lipinski definition) is 3. The lowest BCUT2D eigenvalue weighted by molar-refractivity contribution is -0.119. The van der Waals surface area contributed by atoms with E-state index < -0.39 is 17.9 Å². The lowest BCUT2D eigenvalue weighted by atomic mass is 10.00. The Balaban J connectivity index is 1.35. The normalized spacial score (nSPS) is 11.8. The number of carbonyl (C=O) groups is 2. The first-order chi connectivity index (χ1) is 17.1. The van der Waals surface area contributed by atoms with Gasteiger partial charge in [-0.3, -0.25) is 14.6 Å². The van der Waals surface area contributed by atoms with Crippen LogP contribution in [0.2, 0.25) is 0 Å².